The van der Waals surface area contributed by atoms with Crippen LogP contribution in [0.2, 0.25) is 0 Å². The fourth-order valence-corrected chi connectivity index (χ4v) is 2.17. The number of aromatic amines is 1. The number of benzene rings is 2. The molecular weight excluding hydrogens is 308 g/mol. The third kappa shape index (κ3) is 3.14. The van der Waals surface area contributed by atoms with Crippen molar-refractivity contribution in [3.63, 3.8) is 0 Å². The predicted octanol–water partition coefficient (Wildman–Crippen LogP) is 2.10. The zero-order valence-electron chi connectivity index (χ0n) is 12.8. The van der Waals surface area contributed by atoms with Gasteiger partial charge in [-0.05, 0) is 31.2 Å². The Morgan fingerprint density at radius 3 is 2.54 bits per heavy atom. The number of nitrogens with zero attached hydrogens (tertiary/aromatic N) is 2. The third-order valence-corrected chi connectivity index (χ3v) is 3.39. The minimum atomic E-state index is -0.694. The zero-order valence-corrected chi connectivity index (χ0v) is 12.8. The second kappa shape index (κ2) is 6.33. The van der Waals surface area contributed by atoms with Crippen molar-refractivity contribution in [3.05, 3.63) is 65.4 Å². The van der Waals surface area contributed by atoms with Crippen molar-refractivity contribution >= 4 is 11.9 Å². The van der Waals surface area contributed by atoms with Gasteiger partial charge in [0.15, 0.2) is 5.69 Å². The van der Waals surface area contributed by atoms with Gasteiger partial charge in [-0.3, -0.25) is 4.79 Å². The molecule has 3 N–H and O–H groups in total. The van der Waals surface area contributed by atoms with Crippen molar-refractivity contribution in [3.8, 4) is 17.0 Å². The average Bonchev–Trinajstić information content (AvgIpc) is 3.05. The summed E-state index contributed by atoms with van der Waals surface area (Å²) in [4.78, 5) is 23.5. The number of nitrogens with one attached hydrogen (secondary N) is 1. The van der Waals surface area contributed by atoms with Crippen LogP contribution in [0.15, 0.2) is 48.5 Å². The number of carbonyl (C=O) groups is 2. The smallest absolute Gasteiger partial charge is 0.343 e. The number of aromatic nitrogens is 3. The van der Waals surface area contributed by atoms with E-state index in [0.717, 1.165) is 5.56 Å². The van der Waals surface area contributed by atoms with E-state index in [4.69, 9.17) is 10.5 Å². The second-order valence-corrected chi connectivity index (χ2v) is 5.17. The standard InChI is InChI=1S/C17H14N4O3/c1-10-5-7-11(8-6-10)17(23)24-13-4-2-3-12(9-13)14-15(16(18)22)20-21-19-14/h2-9H,1H3,(H2,18,22)(H,19,20,21). The summed E-state index contributed by atoms with van der Waals surface area (Å²) < 4.78 is 5.37. The van der Waals surface area contributed by atoms with Crippen molar-refractivity contribution in [2.75, 3.05) is 0 Å². The van der Waals surface area contributed by atoms with Crippen molar-refractivity contribution < 1.29 is 14.3 Å². The summed E-state index contributed by atoms with van der Waals surface area (Å²) in [7, 11) is 0. The van der Waals surface area contributed by atoms with Gasteiger partial charge in [0.2, 0.25) is 0 Å². The van der Waals surface area contributed by atoms with E-state index in [1.807, 2.05) is 19.1 Å². The molecule has 1 amide bonds. The molecule has 0 fully saturated rings. The summed E-state index contributed by atoms with van der Waals surface area (Å²) in [5, 5.41) is 10.00. The molecule has 0 saturated carbocycles. The van der Waals surface area contributed by atoms with Crippen LogP contribution in [0.25, 0.3) is 11.3 Å². The molecule has 7 heteroatoms. The van der Waals surface area contributed by atoms with Crippen LogP contribution in [-0.4, -0.2) is 27.3 Å². The Balaban J connectivity index is 1.85. The lowest BCUT2D eigenvalue weighted by molar-refractivity contribution is 0.0734. The van der Waals surface area contributed by atoms with Gasteiger partial charge < -0.3 is 10.5 Å². The Bertz CT molecular complexity index is 900. The maximum absolute atomic E-state index is 12.2. The first-order chi connectivity index (χ1) is 11.5. The number of hydrogen-bond acceptors (Lipinski definition) is 5. The molecule has 7 nitrogen and oxygen atoms in total. The van der Waals surface area contributed by atoms with Crippen molar-refractivity contribution in [1.29, 1.82) is 0 Å². The van der Waals surface area contributed by atoms with Gasteiger partial charge in [0.05, 0.1) is 5.56 Å². The van der Waals surface area contributed by atoms with Gasteiger partial charge in [-0.25, -0.2) is 4.79 Å². The van der Waals surface area contributed by atoms with Gasteiger partial charge in [-0.1, -0.05) is 29.8 Å². The van der Waals surface area contributed by atoms with E-state index < -0.39 is 11.9 Å². The zero-order chi connectivity index (χ0) is 17.1. The van der Waals surface area contributed by atoms with Crippen molar-refractivity contribution in [2.24, 2.45) is 5.73 Å². The number of primary amides is 1. The fourth-order valence-electron chi connectivity index (χ4n) is 2.17. The Morgan fingerprint density at radius 1 is 1.08 bits per heavy atom. The summed E-state index contributed by atoms with van der Waals surface area (Å²) in [5.41, 5.74) is 7.65. The van der Waals surface area contributed by atoms with Gasteiger partial charge in [-0.15, -0.1) is 0 Å². The molecule has 0 unspecified atom stereocenters. The molecule has 3 rings (SSSR count). The van der Waals surface area contributed by atoms with Crippen LogP contribution in [0.4, 0.5) is 0 Å². The molecule has 0 aliphatic rings. The minimum Gasteiger partial charge on any atom is -0.423 e. The fraction of sp³-hybridized carbons (Fsp3) is 0.0588. The molecule has 0 atom stereocenters. The molecule has 1 aromatic heterocycles. The number of ether oxygens (including phenoxy) is 1. The molecule has 0 saturated heterocycles. The van der Waals surface area contributed by atoms with Crippen LogP contribution in [0, 0.1) is 6.92 Å². The Morgan fingerprint density at radius 2 is 1.83 bits per heavy atom. The molecule has 0 spiro atoms. The summed E-state index contributed by atoms with van der Waals surface area (Å²) in [6, 6.07) is 13.7. The van der Waals surface area contributed by atoms with Crippen molar-refractivity contribution in [1.82, 2.24) is 15.4 Å². The summed E-state index contributed by atoms with van der Waals surface area (Å²) >= 11 is 0. The molecule has 2 aromatic carbocycles. The summed E-state index contributed by atoms with van der Waals surface area (Å²) in [6.45, 7) is 1.94. The number of rotatable bonds is 4. The lowest BCUT2D eigenvalue weighted by atomic mass is 10.1. The highest BCUT2D eigenvalue weighted by Crippen LogP contribution is 2.24. The number of aryl methyl sites for hydroxylation is 1. The summed E-state index contributed by atoms with van der Waals surface area (Å²) in [6.07, 6.45) is 0. The first-order valence-electron chi connectivity index (χ1n) is 7.14. The number of esters is 1. The predicted molar refractivity (Wildman–Crippen MR) is 86.5 cm³/mol. The highest BCUT2D eigenvalue weighted by atomic mass is 16.5. The van der Waals surface area contributed by atoms with Gasteiger partial charge in [0, 0.05) is 5.56 Å². The van der Waals surface area contributed by atoms with Gasteiger partial charge in [0.1, 0.15) is 11.4 Å². The maximum Gasteiger partial charge on any atom is 0.343 e. The number of nitrogens with two attached hydrogens (primary N) is 1. The molecule has 120 valence electrons. The van der Waals surface area contributed by atoms with E-state index in [2.05, 4.69) is 15.4 Å². The molecule has 3 aromatic rings. The van der Waals surface area contributed by atoms with Crippen LogP contribution >= 0.6 is 0 Å². The highest BCUT2D eigenvalue weighted by molar-refractivity contribution is 5.97. The van der Waals surface area contributed by atoms with E-state index in [1.54, 1.807) is 36.4 Å². The number of amides is 1. The van der Waals surface area contributed by atoms with E-state index in [-0.39, 0.29) is 5.69 Å². The van der Waals surface area contributed by atoms with E-state index in [1.165, 1.54) is 0 Å². The Labute approximate surface area is 137 Å². The average molecular weight is 322 g/mol. The van der Waals surface area contributed by atoms with Gasteiger partial charge in [0.25, 0.3) is 5.91 Å². The maximum atomic E-state index is 12.2. The number of H-pyrrole nitrogens is 1. The summed E-state index contributed by atoms with van der Waals surface area (Å²) in [5.74, 6) is -0.834. The molecule has 0 radical (unpaired) electrons. The lowest BCUT2D eigenvalue weighted by Crippen LogP contribution is -2.12. The minimum absolute atomic E-state index is 0.0250. The Hall–Kier alpha value is -3.48. The first-order valence-corrected chi connectivity index (χ1v) is 7.14. The molecule has 1 heterocycles. The highest BCUT2D eigenvalue weighted by Gasteiger charge is 2.16. The largest absolute Gasteiger partial charge is 0.423 e. The van der Waals surface area contributed by atoms with Crippen LogP contribution in [0.5, 0.6) is 5.75 Å². The molecule has 0 aliphatic carbocycles. The molecular formula is C17H14N4O3. The van der Waals surface area contributed by atoms with Crippen LogP contribution in [0.3, 0.4) is 0 Å². The van der Waals surface area contributed by atoms with E-state index >= 15 is 0 Å². The molecule has 24 heavy (non-hydrogen) atoms. The molecule has 0 bridgehead atoms. The second-order valence-electron chi connectivity index (χ2n) is 5.17. The normalized spacial score (nSPS) is 10.4. The monoisotopic (exact) mass is 322 g/mol. The van der Waals surface area contributed by atoms with Crippen molar-refractivity contribution in [2.45, 2.75) is 6.92 Å². The molecule has 0 aliphatic heterocycles. The third-order valence-electron chi connectivity index (χ3n) is 3.39. The van der Waals surface area contributed by atoms with E-state index in [9.17, 15) is 9.59 Å². The number of carbonyl (C=O) groups excluding carboxylic acids is 2. The SMILES string of the molecule is Cc1ccc(C(=O)Oc2cccc(-c3n[nH]nc3C(N)=O)c2)cc1. The van der Waals surface area contributed by atoms with Gasteiger partial charge >= 0.3 is 5.97 Å². The quantitative estimate of drug-likeness (QED) is 0.564. The van der Waals surface area contributed by atoms with Crippen LogP contribution in [-0.2, 0) is 0 Å². The lowest BCUT2D eigenvalue weighted by Gasteiger charge is -2.06. The van der Waals surface area contributed by atoms with Crippen LogP contribution in [0.1, 0.15) is 26.4 Å². The first kappa shape index (κ1) is 15.4. The number of hydrogen-bond donors (Lipinski definition) is 2. The Kier molecular flexibility index (Phi) is 4.07. The van der Waals surface area contributed by atoms with Gasteiger partial charge in [-0.2, -0.15) is 15.4 Å². The topological polar surface area (TPSA) is 111 Å². The van der Waals surface area contributed by atoms with Crippen LogP contribution < -0.4 is 10.5 Å². The van der Waals surface area contributed by atoms with E-state index in [0.29, 0.717) is 22.6 Å².